The summed E-state index contributed by atoms with van der Waals surface area (Å²) < 4.78 is 5.93. The van der Waals surface area contributed by atoms with Crippen molar-refractivity contribution in [3.63, 3.8) is 0 Å². The molecule has 4 N–H and O–H groups in total. The minimum absolute atomic E-state index is 0.0110. The zero-order chi connectivity index (χ0) is 24.4. The maximum absolute atomic E-state index is 11.8. The molecule has 3 rings (SSSR count). The average Bonchev–Trinajstić information content (AvgIpc) is 3.24. The van der Waals surface area contributed by atoms with Crippen LogP contribution in [0.2, 0.25) is 0 Å². The van der Waals surface area contributed by atoms with E-state index in [0.717, 1.165) is 11.3 Å². The number of benzene rings is 1. The van der Waals surface area contributed by atoms with Crippen LogP contribution >= 0.6 is 11.3 Å². The van der Waals surface area contributed by atoms with Gasteiger partial charge >= 0.3 is 5.00 Å². The summed E-state index contributed by atoms with van der Waals surface area (Å²) in [6, 6.07) is 2.36. The highest BCUT2D eigenvalue weighted by molar-refractivity contribution is 7.13. The number of piperidine rings is 1. The Morgan fingerprint density at radius 1 is 1.36 bits per heavy atom. The molecule has 3 unspecified atom stereocenters. The molecule has 3 atom stereocenters. The lowest BCUT2D eigenvalue weighted by atomic mass is 9.85. The topological polar surface area (TPSA) is 154 Å². The molecular weight excluding hydrogens is 452 g/mol. The summed E-state index contributed by atoms with van der Waals surface area (Å²) in [6.07, 6.45) is -1.36. The molecule has 2 heterocycles. The average molecular weight is 479 g/mol. The lowest BCUT2D eigenvalue weighted by Crippen LogP contribution is -2.40. The lowest BCUT2D eigenvalue weighted by Gasteiger charge is -2.35. The summed E-state index contributed by atoms with van der Waals surface area (Å²) in [5, 5.41) is 54.3. The lowest BCUT2D eigenvalue weighted by molar-refractivity contribution is -0.380. The predicted octanol–water partition coefficient (Wildman–Crippen LogP) is 2.74. The number of β-amino-alcohol motifs (C(OH)–C–C–N with tert-alkyl or cyclic N) is 1. The van der Waals surface area contributed by atoms with Crippen LogP contribution in [0.5, 0.6) is 17.2 Å². The van der Waals surface area contributed by atoms with Crippen LogP contribution < -0.4 is 4.74 Å². The van der Waals surface area contributed by atoms with Gasteiger partial charge in [0, 0.05) is 46.7 Å². The largest absolute Gasteiger partial charge is 0.507 e. The molecule has 11 heteroatoms. The number of thiophene rings is 1. The highest BCUT2D eigenvalue weighted by Crippen LogP contribution is 2.46. The van der Waals surface area contributed by atoms with Crippen molar-refractivity contribution in [3.8, 4) is 17.2 Å². The summed E-state index contributed by atoms with van der Waals surface area (Å²) >= 11 is 0.821. The fraction of sp³-hybridized carbons (Fsp3) is 0.409. The Morgan fingerprint density at radius 3 is 2.64 bits per heavy atom. The maximum atomic E-state index is 11.8. The van der Waals surface area contributed by atoms with Crippen molar-refractivity contribution in [2.24, 2.45) is 0 Å². The van der Waals surface area contributed by atoms with Crippen molar-refractivity contribution in [2.75, 3.05) is 20.1 Å². The number of carbonyl (C=O) groups excluding carboxylic acids is 1. The first-order chi connectivity index (χ1) is 15.5. The van der Waals surface area contributed by atoms with Crippen LogP contribution in [0.4, 0.5) is 5.00 Å². The van der Waals surface area contributed by atoms with Crippen LogP contribution in [-0.4, -0.2) is 62.8 Å². The summed E-state index contributed by atoms with van der Waals surface area (Å²) in [5.74, 6) is -0.892. The third-order valence-electron chi connectivity index (χ3n) is 5.86. The van der Waals surface area contributed by atoms with Gasteiger partial charge < -0.3 is 30.1 Å². The SMILES string of the molecule is C/C(Oc1c(C)c(O)cc(O)c1C1CCN(C)CC1O)=C(/C=O)C(O)c1csc([N+](=O)[O-])c1. The fourth-order valence-corrected chi connectivity index (χ4v) is 4.72. The number of nitrogens with zero attached hydrogens (tertiary/aromatic N) is 2. The quantitative estimate of drug-likeness (QED) is 0.155. The Hall–Kier alpha value is -2.99. The Labute approximate surface area is 194 Å². The third-order valence-corrected chi connectivity index (χ3v) is 6.76. The van der Waals surface area contributed by atoms with Crippen molar-refractivity contribution in [2.45, 2.75) is 38.4 Å². The Morgan fingerprint density at radius 2 is 2.06 bits per heavy atom. The van der Waals surface area contributed by atoms with Gasteiger partial charge in [-0.05, 0) is 33.9 Å². The van der Waals surface area contributed by atoms with Crippen molar-refractivity contribution in [1.29, 1.82) is 0 Å². The van der Waals surface area contributed by atoms with Gasteiger partial charge in [0.05, 0.1) is 16.6 Å². The van der Waals surface area contributed by atoms with E-state index in [-0.39, 0.29) is 39.1 Å². The van der Waals surface area contributed by atoms with E-state index in [9.17, 15) is 35.3 Å². The summed E-state index contributed by atoms with van der Waals surface area (Å²) in [7, 11) is 1.87. The van der Waals surface area contributed by atoms with Crippen LogP contribution in [0.15, 0.2) is 28.8 Å². The molecule has 1 aromatic carbocycles. The first kappa shape index (κ1) is 24.6. The number of hydrogen-bond acceptors (Lipinski definition) is 10. The zero-order valence-electron chi connectivity index (χ0n) is 18.4. The minimum Gasteiger partial charge on any atom is -0.507 e. The number of hydrogen-bond donors (Lipinski definition) is 4. The first-order valence-corrected chi connectivity index (χ1v) is 11.1. The minimum atomic E-state index is -1.48. The molecule has 1 saturated heterocycles. The van der Waals surface area contributed by atoms with Gasteiger partial charge in [0.15, 0.2) is 6.29 Å². The van der Waals surface area contributed by atoms with Gasteiger partial charge in [-0.15, -0.1) is 0 Å². The molecule has 0 spiro atoms. The fourth-order valence-electron chi connectivity index (χ4n) is 3.98. The number of allylic oxidation sites excluding steroid dienone is 1. The summed E-state index contributed by atoms with van der Waals surface area (Å²) in [5.41, 5.74) is 0.591. The predicted molar refractivity (Wildman–Crippen MR) is 121 cm³/mol. The highest BCUT2D eigenvalue weighted by Gasteiger charge is 2.34. The third kappa shape index (κ3) is 5.01. The molecule has 10 nitrogen and oxygen atoms in total. The van der Waals surface area contributed by atoms with E-state index in [1.807, 2.05) is 11.9 Å². The van der Waals surface area contributed by atoms with E-state index in [1.165, 1.54) is 24.4 Å². The van der Waals surface area contributed by atoms with E-state index in [0.29, 0.717) is 36.9 Å². The number of phenols is 2. The number of aliphatic hydroxyl groups is 2. The van der Waals surface area contributed by atoms with Gasteiger partial charge in [0.2, 0.25) is 0 Å². The molecule has 1 aliphatic rings. The van der Waals surface area contributed by atoms with Gasteiger partial charge in [-0.25, -0.2) is 0 Å². The maximum Gasteiger partial charge on any atom is 0.324 e. The van der Waals surface area contributed by atoms with Crippen LogP contribution in [0, 0.1) is 17.0 Å². The number of nitro groups is 1. The van der Waals surface area contributed by atoms with Gasteiger partial charge in [-0.3, -0.25) is 14.9 Å². The van der Waals surface area contributed by atoms with Crippen LogP contribution in [0.3, 0.4) is 0 Å². The van der Waals surface area contributed by atoms with Gasteiger partial charge in [0.25, 0.3) is 0 Å². The van der Waals surface area contributed by atoms with Crippen LogP contribution in [0.25, 0.3) is 0 Å². The number of aromatic hydroxyl groups is 2. The van der Waals surface area contributed by atoms with E-state index < -0.39 is 23.0 Å². The molecule has 0 aliphatic carbocycles. The van der Waals surface area contributed by atoms with Crippen LogP contribution in [-0.2, 0) is 4.79 Å². The van der Waals surface area contributed by atoms with Crippen molar-refractivity contribution in [1.82, 2.24) is 4.90 Å². The number of ether oxygens (including phenoxy) is 1. The van der Waals surface area contributed by atoms with E-state index in [1.54, 1.807) is 6.92 Å². The van der Waals surface area contributed by atoms with E-state index in [4.69, 9.17) is 4.74 Å². The normalized spacial score (nSPS) is 20.8. The number of phenolic OH excluding ortho intramolecular Hbond substituents is 2. The molecule has 33 heavy (non-hydrogen) atoms. The number of likely N-dealkylation sites (tertiary alicyclic amines) is 1. The van der Waals surface area contributed by atoms with Crippen molar-refractivity contribution >= 4 is 22.6 Å². The van der Waals surface area contributed by atoms with Crippen molar-refractivity contribution in [3.05, 3.63) is 55.6 Å². The first-order valence-electron chi connectivity index (χ1n) is 10.2. The Bertz CT molecular complexity index is 1100. The number of aldehydes is 1. The molecule has 0 amide bonds. The molecule has 0 bridgehead atoms. The molecule has 0 radical (unpaired) electrons. The molecule has 1 aromatic heterocycles. The molecule has 1 fully saturated rings. The number of carbonyl (C=O) groups is 1. The second-order valence-electron chi connectivity index (χ2n) is 8.12. The molecule has 1 aliphatic heterocycles. The zero-order valence-corrected chi connectivity index (χ0v) is 19.2. The summed E-state index contributed by atoms with van der Waals surface area (Å²) in [6.45, 7) is 4.06. The molecule has 0 saturated carbocycles. The molecule has 2 aromatic rings. The second kappa shape index (κ2) is 9.87. The summed E-state index contributed by atoms with van der Waals surface area (Å²) in [4.78, 5) is 24.1. The number of rotatable bonds is 7. The monoisotopic (exact) mass is 478 g/mol. The Kier molecular flexibility index (Phi) is 7.38. The highest BCUT2D eigenvalue weighted by atomic mass is 32.1. The standard InChI is InChI=1S/C22H26N2O8S/c1-11-16(26)7-17(27)20(14-4-5-23(3)8-18(14)28)22(11)32-12(2)15(9-25)21(29)13-6-19(24(30)31)33-10-13/h6-7,9-10,14,18,21,26-29H,4-5,8H2,1-3H3/b15-12+. The van der Waals surface area contributed by atoms with Gasteiger partial charge in [-0.1, -0.05) is 11.3 Å². The van der Waals surface area contributed by atoms with Gasteiger partial charge in [-0.2, -0.15) is 0 Å². The van der Waals surface area contributed by atoms with E-state index >= 15 is 0 Å². The molecular formula is C22H26N2O8S. The van der Waals surface area contributed by atoms with E-state index in [2.05, 4.69) is 0 Å². The number of aliphatic hydroxyl groups excluding tert-OH is 2. The number of likely N-dealkylation sites (N-methyl/N-ethyl adjacent to an activating group) is 1. The van der Waals surface area contributed by atoms with Gasteiger partial charge in [0.1, 0.15) is 29.1 Å². The molecule has 178 valence electrons. The smallest absolute Gasteiger partial charge is 0.324 e. The Balaban J connectivity index is 2.03. The second-order valence-corrected chi connectivity index (χ2v) is 9.01. The van der Waals surface area contributed by atoms with Crippen molar-refractivity contribution < 1.29 is 34.9 Å². The van der Waals surface area contributed by atoms with Crippen LogP contribution in [0.1, 0.15) is 42.1 Å².